The normalized spacial score (nSPS) is 14.5. The van der Waals surface area contributed by atoms with E-state index in [1.54, 1.807) is 4.57 Å². The molecule has 0 unspecified atom stereocenters. The molecular weight excluding hydrogens is 345 g/mol. The number of rotatable bonds is 7. The van der Waals surface area contributed by atoms with E-state index < -0.39 is 5.95 Å². The molecule has 6 heteroatoms. The van der Waals surface area contributed by atoms with Gasteiger partial charge in [0.15, 0.2) is 6.29 Å². The van der Waals surface area contributed by atoms with E-state index in [1.165, 1.54) is 25.4 Å². The Morgan fingerprint density at radius 1 is 1.37 bits per heavy atom. The molecule has 4 rings (SSSR count). The lowest BCUT2D eigenvalue weighted by Crippen LogP contribution is -2.13. The second-order valence-electron chi connectivity index (χ2n) is 6.74. The minimum atomic E-state index is -0.497. The van der Waals surface area contributed by atoms with E-state index in [2.05, 4.69) is 9.55 Å². The van der Waals surface area contributed by atoms with E-state index in [-0.39, 0.29) is 6.04 Å². The van der Waals surface area contributed by atoms with Crippen molar-refractivity contribution in [2.75, 3.05) is 6.61 Å². The van der Waals surface area contributed by atoms with Crippen LogP contribution in [0.4, 0.5) is 4.39 Å². The molecule has 2 aromatic heterocycles. The molecule has 1 saturated carbocycles. The molecule has 3 aromatic rings. The highest BCUT2D eigenvalue weighted by molar-refractivity contribution is 5.92. The monoisotopic (exact) mass is 371 g/mol. The molecule has 1 atom stereocenters. The zero-order chi connectivity index (χ0) is 19.4. The molecule has 2 heterocycles. The lowest BCUT2D eigenvalue weighted by Gasteiger charge is -2.16. The number of hydrogen-bond acceptors (Lipinski definition) is 3. The molecule has 144 valence electrons. The van der Waals surface area contributed by atoms with Gasteiger partial charge in [-0.3, -0.25) is 4.79 Å². The van der Waals surface area contributed by atoms with Crippen molar-refractivity contribution in [1.82, 2.24) is 14.1 Å². The number of nitrogens with zero attached hydrogens (tertiary/aromatic N) is 3. The summed E-state index contributed by atoms with van der Waals surface area (Å²) >= 11 is 0. The van der Waals surface area contributed by atoms with Crippen LogP contribution >= 0.6 is 0 Å². The molecule has 0 aliphatic heterocycles. The standard InChI is InChI=1S/C19H20FN3O2.C2H6/c1-13(22-9-18(20)21-12-22)11-25-17-4-2-3-15-7-16(10-24)23(19(15)17)8-14-5-6-14;1-2/h2-4,7,9-10,12-14H,5-6,8,11H2,1H3;1-2H3/t13-;/m1./s1. The fourth-order valence-corrected chi connectivity index (χ4v) is 3.13. The third kappa shape index (κ3) is 4.21. The van der Waals surface area contributed by atoms with E-state index in [0.717, 1.165) is 29.5 Å². The van der Waals surface area contributed by atoms with Crippen LogP contribution in [0.1, 0.15) is 50.1 Å². The van der Waals surface area contributed by atoms with Crippen LogP contribution in [0.2, 0.25) is 0 Å². The smallest absolute Gasteiger partial charge is 0.230 e. The second-order valence-corrected chi connectivity index (χ2v) is 6.74. The van der Waals surface area contributed by atoms with Crippen LogP contribution in [0.15, 0.2) is 36.8 Å². The number of para-hydroxylation sites is 1. The van der Waals surface area contributed by atoms with Crippen LogP contribution in [0.5, 0.6) is 5.75 Å². The molecule has 27 heavy (non-hydrogen) atoms. The predicted octanol–water partition coefficient (Wildman–Crippen LogP) is 4.87. The average molecular weight is 371 g/mol. The molecule has 1 aliphatic rings. The fraction of sp³-hybridized carbons (Fsp3) is 0.429. The van der Waals surface area contributed by atoms with Crippen molar-refractivity contribution in [2.45, 2.75) is 46.2 Å². The molecule has 0 N–H and O–H groups in total. The Bertz CT molecular complexity index is 911. The van der Waals surface area contributed by atoms with Crippen LogP contribution in [0, 0.1) is 11.9 Å². The summed E-state index contributed by atoms with van der Waals surface area (Å²) in [4.78, 5) is 15.1. The van der Waals surface area contributed by atoms with Gasteiger partial charge in [0.25, 0.3) is 0 Å². The van der Waals surface area contributed by atoms with Gasteiger partial charge in [-0.15, -0.1) is 0 Å². The van der Waals surface area contributed by atoms with E-state index in [4.69, 9.17) is 4.74 Å². The van der Waals surface area contributed by atoms with Crippen molar-refractivity contribution < 1.29 is 13.9 Å². The van der Waals surface area contributed by atoms with E-state index in [9.17, 15) is 9.18 Å². The number of benzene rings is 1. The van der Waals surface area contributed by atoms with Crippen LogP contribution in [0.3, 0.4) is 0 Å². The quantitative estimate of drug-likeness (QED) is 0.557. The van der Waals surface area contributed by atoms with Crippen molar-refractivity contribution in [3.05, 3.63) is 48.4 Å². The Balaban J connectivity index is 0.00000102. The van der Waals surface area contributed by atoms with Crippen LogP contribution in [-0.4, -0.2) is 27.0 Å². The lowest BCUT2D eigenvalue weighted by molar-refractivity contribution is 0.111. The summed E-state index contributed by atoms with van der Waals surface area (Å²) in [6.07, 6.45) is 6.15. The van der Waals surface area contributed by atoms with Crippen molar-refractivity contribution in [2.24, 2.45) is 5.92 Å². The fourth-order valence-electron chi connectivity index (χ4n) is 3.13. The van der Waals surface area contributed by atoms with Crippen molar-refractivity contribution in [3.63, 3.8) is 0 Å². The Morgan fingerprint density at radius 3 is 2.78 bits per heavy atom. The maximum Gasteiger partial charge on any atom is 0.230 e. The highest BCUT2D eigenvalue weighted by Crippen LogP contribution is 2.35. The van der Waals surface area contributed by atoms with Crippen LogP contribution < -0.4 is 4.74 Å². The van der Waals surface area contributed by atoms with E-state index in [1.807, 2.05) is 45.0 Å². The van der Waals surface area contributed by atoms with Gasteiger partial charge in [0.05, 0.1) is 29.8 Å². The molecule has 0 amide bonds. The summed E-state index contributed by atoms with van der Waals surface area (Å²) in [6, 6.07) is 7.70. The predicted molar refractivity (Wildman–Crippen MR) is 104 cm³/mol. The zero-order valence-corrected chi connectivity index (χ0v) is 16.1. The molecular formula is C21H26FN3O2. The molecule has 0 radical (unpaired) electrons. The number of imidazole rings is 1. The number of halogens is 1. The maximum absolute atomic E-state index is 13.1. The molecule has 1 aromatic carbocycles. The average Bonchev–Trinajstić information content (AvgIpc) is 3.29. The Kier molecular flexibility index (Phi) is 5.94. The van der Waals surface area contributed by atoms with Crippen molar-refractivity contribution in [3.8, 4) is 5.75 Å². The van der Waals surface area contributed by atoms with E-state index >= 15 is 0 Å². The summed E-state index contributed by atoms with van der Waals surface area (Å²) < 4.78 is 22.9. The van der Waals surface area contributed by atoms with Crippen molar-refractivity contribution >= 4 is 17.2 Å². The zero-order valence-electron chi connectivity index (χ0n) is 16.1. The first-order chi connectivity index (χ1) is 13.2. The summed E-state index contributed by atoms with van der Waals surface area (Å²) in [5.41, 5.74) is 1.64. The van der Waals surface area contributed by atoms with Gasteiger partial charge in [0, 0.05) is 11.9 Å². The van der Waals surface area contributed by atoms with Crippen LogP contribution in [-0.2, 0) is 6.54 Å². The Labute approximate surface area is 158 Å². The van der Waals surface area contributed by atoms with Gasteiger partial charge in [-0.1, -0.05) is 26.0 Å². The number of ether oxygens (including phenoxy) is 1. The SMILES string of the molecule is CC.C[C@H](COc1cccc2cc(C=O)n(CC3CC3)c12)n1cnc(F)c1. The van der Waals surface area contributed by atoms with Gasteiger partial charge in [-0.25, -0.2) is 4.98 Å². The van der Waals surface area contributed by atoms with Gasteiger partial charge < -0.3 is 13.9 Å². The molecule has 0 saturated heterocycles. The highest BCUT2D eigenvalue weighted by atomic mass is 19.1. The number of hydrogen-bond donors (Lipinski definition) is 0. The number of aromatic nitrogens is 3. The maximum atomic E-state index is 13.1. The lowest BCUT2D eigenvalue weighted by atomic mass is 10.2. The van der Waals surface area contributed by atoms with Gasteiger partial charge in [-0.2, -0.15) is 4.39 Å². The summed E-state index contributed by atoms with van der Waals surface area (Å²) in [5, 5.41) is 1.00. The molecule has 5 nitrogen and oxygen atoms in total. The molecule has 1 fully saturated rings. The Hall–Kier alpha value is -2.63. The highest BCUT2D eigenvalue weighted by Gasteiger charge is 2.24. The van der Waals surface area contributed by atoms with Crippen molar-refractivity contribution in [1.29, 1.82) is 0 Å². The number of aldehydes is 1. The van der Waals surface area contributed by atoms with Gasteiger partial charge in [-0.05, 0) is 37.8 Å². The number of carbonyl (C=O) groups is 1. The topological polar surface area (TPSA) is 49.0 Å². The molecule has 1 aliphatic carbocycles. The van der Waals surface area contributed by atoms with Gasteiger partial charge in [0.2, 0.25) is 5.95 Å². The minimum absolute atomic E-state index is 0.0513. The first-order valence-electron chi connectivity index (χ1n) is 9.55. The largest absolute Gasteiger partial charge is 0.489 e. The summed E-state index contributed by atoms with van der Waals surface area (Å²) in [5.74, 6) is 0.900. The molecule has 0 spiro atoms. The first-order valence-corrected chi connectivity index (χ1v) is 9.55. The molecule has 0 bridgehead atoms. The third-order valence-electron chi connectivity index (χ3n) is 4.73. The number of fused-ring (bicyclic) bond motifs is 1. The van der Waals surface area contributed by atoms with Crippen LogP contribution in [0.25, 0.3) is 10.9 Å². The number of carbonyl (C=O) groups excluding carboxylic acids is 1. The van der Waals surface area contributed by atoms with Gasteiger partial charge >= 0.3 is 0 Å². The van der Waals surface area contributed by atoms with E-state index in [0.29, 0.717) is 18.2 Å². The third-order valence-corrected chi connectivity index (χ3v) is 4.73. The summed E-state index contributed by atoms with van der Waals surface area (Å²) in [7, 11) is 0. The second kappa shape index (κ2) is 8.37. The Morgan fingerprint density at radius 2 is 2.15 bits per heavy atom. The van der Waals surface area contributed by atoms with Gasteiger partial charge in [0.1, 0.15) is 12.4 Å². The first kappa shape index (κ1) is 19.1. The summed E-state index contributed by atoms with van der Waals surface area (Å²) in [6.45, 7) is 7.18. The minimum Gasteiger partial charge on any atom is -0.489 e.